The van der Waals surface area contributed by atoms with E-state index in [2.05, 4.69) is 27.7 Å². The highest BCUT2D eigenvalue weighted by atomic mass is 32.2. The van der Waals surface area contributed by atoms with Gasteiger partial charge in [0.05, 0.1) is 18.9 Å². The Balaban J connectivity index is 2.80. The summed E-state index contributed by atoms with van der Waals surface area (Å²) in [5.74, 6) is 1.53. The molecule has 1 aromatic rings. The molecule has 1 atom stereocenters. The minimum atomic E-state index is 0.0539. The van der Waals surface area contributed by atoms with Crippen molar-refractivity contribution in [2.75, 3.05) is 19.4 Å². The fraction of sp³-hybridized carbons (Fsp3) is 0.588. The second-order valence-electron chi connectivity index (χ2n) is 6.03. The van der Waals surface area contributed by atoms with Gasteiger partial charge in [0.25, 0.3) is 0 Å². The van der Waals surface area contributed by atoms with E-state index in [1.807, 2.05) is 36.1 Å². The number of nitrogens with zero attached hydrogens (tertiary/aromatic N) is 1. The Morgan fingerprint density at radius 2 is 2.05 bits per heavy atom. The molecule has 1 rings (SSSR count). The van der Waals surface area contributed by atoms with E-state index in [1.165, 1.54) is 0 Å². The summed E-state index contributed by atoms with van der Waals surface area (Å²) in [6.07, 6.45) is 0. The number of carbonyl (C=O) groups is 1. The summed E-state index contributed by atoms with van der Waals surface area (Å²) in [6.45, 7) is 11.2. The third kappa shape index (κ3) is 5.62. The van der Waals surface area contributed by atoms with Crippen LogP contribution in [0.5, 0.6) is 5.75 Å². The number of methoxy groups -OCH3 is 1. The van der Waals surface area contributed by atoms with Crippen molar-refractivity contribution in [1.82, 2.24) is 4.90 Å². The van der Waals surface area contributed by atoms with Crippen molar-refractivity contribution in [2.45, 2.75) is 45.4 Å². The van der Waals surface area contributed by atoms with Gasteiger partial charge in [-0.25, -0.2) is 0 Å². The molecule has 0 heterocycles. The number of amides is 1. The lowest BCUT2D eigenvalue weighted by Crippen LogP contribution is -2.35. The van der Waals surface area contributed by atoms with Gasteiger partial charge in [-0.15, -0.1) is 11.8 Å². The molecule has 1 amide bonds. The molecule has 0 spiro atoms. The third-order valence-electron chi connectivity index (χ3n) is 3.33. The highest BCUT2D eigenvalue weighted by Gasteiger charge is 2.22. The highest BCUT2D eigenvalue weighted by Crippen LogP contribution is 2.27. The molecule has 0 aliphatic carbocycles. The monoisotopic (exact) mass is 309 g/mol. The Morgan fingerprint density at radius 3 is 2.57 bits per heavy atom. The molecular weight excluding hydrogens is 282 g/mol. The van der Waals surface area contributed by atoms with Crippen LogP contribution < -0.4 is 4.74 Å². The van der Waals surface area contributed by atoms with Crippen LogP contribution in [0.25, 0.3) is 0 Å². The van der Waals surface area contributed by atoms with Gasteiger partial charge in [0.1, 0.15) is 5.75 Å². The molecule has 0 N–H and O–H groups in total. The molecule has 0 aromatic heterocycles. The van der Waals surface area contributed by atoms with E-state index < -0.39 is 0 Å². The predicted octanol–water partition coefficient (Wildman–Crippen LogP) is 4.14. The van der Waals surface area contributed by atoms with E-state index in [4.69, 9.17) is 4.74 Å². The fourth-order valence-corrected chi connectivity index (χ4v) is 2.83. The van der Waals surface area contributed by atoms with Crippen molar-refractivity contribution >= 4 is 17.7 Å². The van der Waals surface area contributed by atoms with Crippen LogP contribution in [0.3, 0.4) is 0 Å². The Morgan fingerprint density at radius 1 is 1.38 bits per heavy atom. The molecule has 3 nitrogen and oxygen atoms in total. The number of carbonyl (C=O) groups excluding carboxylic acids is 1. The van der Waals surface area contributed by atoms with E-state index in [-0.39, 0.29) is 16.7 Å². The van der Waals surface area contributed by atoms with E-state index in [0.717, 1.165) is 11.3 Å². The molecule has 1 aromatic carbocycles. The van der Waals surface area contributed by atoms with Crippen LogP contribution in [0, 0.1) is 0 Å². The zero-order valence-electron chi connectivity index (χ0n) is 14.0. The molecule has 1 unspecified atom stereocenters. The number of ether oxygens (including phenoxy) is 1. The van der Waals surface area contributed by atoms with Gasteiger partial charge in [0.15, 0.2) is 0 Å². The number of thioether (sulfide) groups is 1. The largest absolute Gasteiger partial charge is 0.497 e. The van der Waals surface area contributed by atoms with Gasteiger partial charge < -0.3 is 9.64 Å². The lowest BCUT2D eigenvalue weighted by atomic mass is 10.1. The van der Waals surface area contributed by atoms with Gasteiger partial charge in [-0.1, -0.05) is 32.9 Å². The number of hydrogen-bond donors (Lipinski definition) is 0. The van der Waals surface area contributed by atoms with Gasteiger partial charge in [-0.3, -0.25) is 4.79 Å². The first kappa shape index (κ1) is 17.9. The fourth-order valence-electron chi connectivity index (χ4n) is 2.11. The van der Waals surface area contributed by atoms with Crippen molar-refractivity contribution in [2.24, 2.45) is 0 Å². The first-order chi connectivity index (χ1) is 9.78. The molecule has 0 aliphatic heterocycles. The first-order valence-corrected chi connectivity index (χ1v) is 8.34. The van der Waals surface area contributed by atoms with E-state index in [0.29, 0.717) is 12.3 Å². The molecule has 118 valence electrons. The molecule has 0 radical (unpaired) electrons. The summed E-state index contributed by atoms with van der Waals surface area (Å²) in [5.41, 5.74) is 1.10. The van der Waals surface area contributed by atoms with Gasteiger partial charge in [-0.2, -0.15) is 0 Å². The normalized spacial score (nSPS) is 12.9. The smallest absolute Gasteiger partial charge is 0.233 e. The second-order valence-corrected chi connectivity index (χ2v) is 7.84. The third-order valence-corrected chi connectivity index (χ3v) is 4.59. The van der Waals surface area contributed by atoms with Crippen LogP contribution in [-0.2, 0) is 4.79 Å². The molecular formula is C17H27NO2S. The lowest BCUT2D eigenvalue weighted by molar-refractivity contribution is -0.130. The average molecular weight is 309 g/mol. The van der Waals surface area contributed by atoms with E-state index >= 15 is 0 Å². The molecule has 0 bridgehead atoms. The van der Waals surface area contributed by atoms with Gasteiger partial charge in [0, 0.05) is 11.3 Å². The van der Waals surface area contributed by atoms with E-state index in [9.17, 15) is 4.79 Å². The van der Waals surface area contributed by atoms with Crippen LogP contribution in [0.2, 0.25) is 0 Å². The number of hydrogen-bond acceptors (Lipinski definition) is 3. The minimum absolute atomic E-state index is 0.0539. The summed E-state index contributed by atoms with van der Waals surface area (Å²) >= 11 is 1.69. The molecule has 21 heavy (non-hydrogen) atoms. The highest BCUT2D eigenvalue weighted by molar-refractivity contribution is 8.01. The number of benzene rings is 1. The quantitative estimate of drug-likeness (QED) is 0.791. The first-order valence-electron chi connectivity index (χ1n) is 7.36. The van der Waals surface area contributed by atoms with Crippen molar-refractivity contribution in [1.29, 1.82) is 0 Å². The molecule has 0 saturated heterocycles. The van der Waals surface area contributed by atoms with Crippen molar-refractivity contribution in [3.05, 3.63) is 29.8 Å². The zero-order chi connectivity index (χ0) is 16.0. The predicted molar refractivity (Wildman–Crippen MR) is 91.0 cm³/mol. The van der Waals surface area contributed by atoms with Crippen molar-refractivity contribution in [3.8, 4) is 5.75 Å². The Hall–Kier alpha value is -1.16. The molecule has 0 saturated carbocycles. The zero-order valence-corrected chi connectivity index (χ0v) is 14.8. The second kappa shape index (κ2) is 7.74. The summed E-state index contributed by atoms with van der Waals surface area (Å²) in [4.78, 5) is 14.4. The average Bonchev–Trinajstić information content (AvgIpc) is 2.45. The van der Waals surface area contributed by atoms with Crippen molar-refractivity contribution in [3.63, 3.8) is 0 Å². The van der Waals surface area contributed by atoms with Gasteiger partial charge >= 0.3 is 0 Å². The lowest BCUT2D eigenvalue weighted by Gasteiger charge is -2.29. The summed E-state index contributed by atoms with van der Waals surface area (Å²) in [7, 11) is 1.66. The van der Waals surface area contributed by atoms with Crippen LogP contribution in [-0.4, -0.2) is 35.0 Å². The SMILES string of the molecule is CCN(C(=O)CSC(C)(C)C)C(C)c1cccc(OC)c1. The Kier molecular flexibility index (Phi) is 6.59. The van der Waals surface area contributed by atoms with Crippen LogP contribution in [0.1, 0.15) is 46.2 Å². The van der Waals surface area contributed by atoms with Crippen LogP contribution in [0.4, 0.5) is 0 Å². The maximum absolute atomic E-state index is 12.5. The summed E-state index contributed by atoms with van der Waals surface area (Å²) in [6, 6.07) is 7.98. The Labute approximate surface area is 133 Å². The van der Waals surface area contributed by atoms with E-state index in [1.54, 1.807) is 18.9 Å². The van der Waals surface area contributed by atoms with Crippen molar-refractivity contribution < 1.29 is 9.53 Å². The minimum Gasteiger partial charge on any atom is -0.497 e. The van der Waals surface area contributed by atoms with Crippen LogP contribution in [0.15, 0.2) is 24.3 Å². The van der Waals surface area contributed by atoms with Crippen LogP contribution >= 0.6 is 11.8 Å². The molecule has 0 aliphatic rings. The topological polar surface area (TPSA) is 29.5 Å². The standard InChI is InChI=1S/C17H27NO2S/c1-7-18(16(19)12-21-17(3,4)5)13(2)14-9-8-10-15(11-14)20-6/h8-11,13H,7,12H2,1-6H3. The Bertz CT molecular complexity index is 468. The number of rotatable bonds is 6. The maximum atomic E-state index is 12.5. The van der Waals surface area contributed by atoms with Gasteiger partial charge in [0.2, 0.25) is 5.91 Å². The maximum Gasteiger partial charge on any atom is 0.233 e. The summed E-state index contributed by atoms with van der Waals surface area (Å²) in [5, 5.41) is 0. The van der Waals surface area contributed by atoms with Gasteiger partial charge in [-0.05, 0) is 31.5 Å². The molecule has 0 fully saturated rings. The summed E-state index contributed by atoms with van der Waals surface area (Å²) < 4.78 is 5.37. The molecule has 4 heteroatoms.